The first-order chi connectivity index (χ1) is 9.09. The Morgan fingerprint density at radius 2 is 1.32 bits per heavy atom. The van der Waals surface area contributed by atoms with Crippen LogP contribution < -0.4 is 5.11 Å². The summed E-state index contributed by atoms with van der Waals surface area (Å²) in [4.78, 5) is 10.6. The van der Waals surface area contributed by atoms with Gasteiger partial charge in [0.1, 0.15) is 12.2 Å². The Balaban J connectivity index is 2.19. The van der Waals surface area contributed by atoms with Crippen molar-refractivity contribution >= 4 is 5.97 Å². The zero-order valence-corrected chi connectivity index (χ0v) is 10.1. The van der Waals surface area contributed by atoms with Crippen molar-refractivity contribution in [2.45, 2.75) is 12.2 Å². The van der Waals surface area contributed by atoms with Gasteiger partial charge in [-0.05, 0) is 16.7 Å². The number of carboxylic acids is 1. The van der Waals surface area contributed by atoms with Gasteiger partial charge in [0.2, 0.25) is 0 Å². The Morgan fingerprint density at radius 1 is 0.842 bits per heavy atom. The van der Waals surface area contributed by atoms with E-state index in [-0.39, 0.29) is 5.56 Å². The maximum absolute atomic E-state index is 10.6. The van der Waals surface area contributed by atoms with Gasteiger partial charge in [-0.3, -0.25) is 0 Å². The van der Waals surface area contributed by atoms with Gasteiger partial charge >= 0.3 is 0 Å². The van der Waals surface area contributed by atoms with E-state index < -0.39 is 18.2 Å². The Hall–Kier alpha value is -2.17. The minimum absolute atomic E-state index is 0.0325. The smallest absolute Gasteiger partial charge is 0.109 e. The highest BCUT2D eigenvalue weighted by atomic mass is 16.4. The van der Waals surface area contributed by atoms with E-state index in [1.807, 2.05) is 6.07 Å². The third-order valence-electron chi connectivity index (χ3n) is 2.93. The number of rotatable bonds is 4. The molecule has 0 aromatic heterocycles. The van der Waals surface area contributed by atoms with Crippen molar-refractivity contribution in [1.82, 2.24) is 0 Å². The van der Waals surface area contributed by atoms with Gasteiger partial charge in [0.05, 0.1) is 5.97 Å². The lowest BCUT2D eigenvalue weighted by atomic mass is 9.97. The van der Waals surface area contributed by atoms with Gasteiger partial charge in [-0.15, -0.1) is 0 Å². The Kier molecular flexibility index (Phi) is 3.94. The molecule has 0 saturated heterocycles. The SMILES string of the molecule is O=C([O-])c1ccc([C@H](O)[C@@H](O)c2ccccc2)cc1. The molecule has 0 saturated carbocycles. The van der Waals surface area contributed by atoms with E-state index in [0.29, 0.717) is 11.1 Å². The van der Waals surface area contributed by atoms with Crippen molar-refractivity contribution in [3.8, 4) is 0 Å². The fraction of sp³-hybridized carbons (Fsp3) is 0.133. The molecule has 0 heterocycles. The molecule has 0 spiro atoms. The normalized spacial score (nSPS) is 13.8. The molecule has 2 N–H and O–H groups in total. The van der Waals surface area contributed by atoms with Crippen molar-refractivity contribution in [3.05, 3.63) is 71.3 Å². The van der Waals surface area contributed by atoms with Crippen LogP contribution in [0.3, 0.4) is 0 Å². The van der Waals surface area contributed by atoms with Crippen LogP contribution in [0.1, 0.15) is 33.7 Å². The second-order valence-electron chi connectivity index (χ2n) is 4.21. The van der Waals surface area contributed by atoms with Crippen LogP contribution in [-0.2, 0) is 0 Å². The summed E-state index contributed by atoms with van der Waals surface area (Å²) in [7, 11) is 0. The second-order valence-corrected chi connectivity index (χ2v) is 4.21. The van der Waals surface area contributed by atoms with Crippen molar-refractivity contribution < 1.29 is 20.1 Å². The van der Waals surface area contributed by atoms with E-state index in [2.05, 4.69) is 0 Å². The quantitative estimate of drug-likeness (QED) is 0.849. The van der Waals surface area contributed by atoms with E-state index >= 15 is 0 Å². The monoisotopic (exact) mass is 257 g/mol. The molecular weight excluding hydrogens is 244 g/mol. The van der Waals surface area contributed by atoms with Crippen molar-refractivity contribution in [2.75, 3.05) is 0 Å². The first-order valence-electron chi connectivity index (χ1n) is 5.82. The van der Waals surface area contributed by atoms with Gasteiger partial charge in [-0.1, -0.05) is 54.6 Å². The van der Waals surface area contributed by atoms with Gasteiger partial charge in [0.15, 0.2) is 0 Å². The van der Waals surface area contributed by atoms with Gasteiger partial charge in [-0.2, -0.15) is 0 Å². The van der Waals surface area contributed by atoms with Crippen LogP contribution in [0.2, 0.25) is 0 Å². The number of hydrogen-bond donors (Lipinski definition) is 2. The summed E-state index contributed by atoms with van der Waals surface area (Å²) in [5.41, 5.74) is 1.07. The Labute approximate surface area is 110 Å². The van der Waals surface area contributed by atoms with E-state index in [4.69, 9.17) is 0 Å². The number of aromatic carboxylic acids is 1. The molecule has 0 fully saturated rings. The molecule has 2 aromatic carbocycles. The van der Waals surface area contributed by atoms with Crippen molar-refractivity contribution in [3.63, 3.8) is 0 Å². The summed E-state index contributed by atoms with van der Waals surface area (Å²) < 4.78 is 0. The van der Waals surface area contributed by atoms with Crippen LogP contribution in [0, 0.1) is 0 Å². The number of benzene rings is 2. The summed E-state index contributed by atoms with van der Waals surface area (Å²) in [6, 6.07) is 14.4. The number of hydrogen-bond acceptors (Lipinski definition) is 4. The molecule has 4 nitrogen and oxygen atoms in total. The molecule has 0 bridgehead atoms. The van der Waals surface area contributed by atoms with Gasteiger partial charge in [0, 0.05) is 0 Å². The highest BCUT2D eigenvalue weighted by Gasteiger charge is 2.19. The standard InChI is InChI=1S/C15H14O4/c16-13(10-4-2-1-3-5-10)14(17)11-6-8-12(9-7-11)15(18)19/h1-9,13-14,16-17H,(H,18,19)/p-1/t13-,14-/m0/s1. The van der Waals surface area contributed by atoms with Crippen LogP contribution >= 0.6 is 0 Å². The summed E-state index contributed by atoms with van der Waals surface area (Å²) in [5.74, 6) is -1.27. The number of carboxylic acid groups (broad SMARTS) is 1. The maximum atomic E-state index is 10.6. The molecular formula is C15H13O4-. The molecule has 0 amide bonds. The van der Waals surface area contributed by atoms with E-state index in [1.54, 1.807) is 24.3 Å². The molecule has 98 valence electrons. The average Bonchev–Trinajstić information content (AvgIpc) is 2.46. The van der Waals surface area contributed by atoms with Crippen LogP contribution in [0.4, 0.5) is 0 Å². The molecule has 2 aromatic rings. The molecule has 0 aliphatic carbocycles. The largest absolute Gasteiger partial charge is 0.545 e. The summed E-state index contributed by atoms with van der Waals surface area (Å²) in [6.45, 7) is 0. The summed E-state index contributed by atoms with van der Waals surface area (Å²) in [6.07, 6.45) is -2.17. The number of carbonyl (C=O) groups is 1. The lowest BCUT2D eigenvalue weighted by molar-refractivity contribution is -0.255. The summed E-state index contributed by atoms with van der Waals surface area (Å²) >= 11 is 0. The topological polar surface area (TPSA) is 80.6 Å². The van der Waals surface area contributed by atoms with Crippen LogP contribution in [0.5, 0.6) is 0 Å². The van der Waals surface area contributed by atoms with Gasteiger partial charge in [-0.25, -0.2) is 0 Å². The molecule has 2 rings (SSSR count). The number of aliphatic hydroxyl groups is 2. The lowest BCUT2D eigenvalue weighted by Crippen LogP contribution is -2.22. The highest BCUT2D eigenvalue weighted by Crippen LogP contribution is 2.28. The molecule has 19 heavy (non-hydrogen) atoms. The zero-order valence-electron chi connectivity index (χ0n) is 10.1. The van der Waals surface area contributed by atoms with E-state index in [0.717, 1.165) is 0 Å². The average molecular weight is 257 g/mol. The molecule has 2 atom stereocenters. The molecule has 4 heteroatoms. The first-order valence-corrected chi connectivity index (χ1v) is 5.82. The Bertz CT molecular complexity index is 548. The third kappa shape index (κ3) is 2.99. The van der Waals surface area contributed by atoms with Crippen LogP contribution in [-0.4, -0.2) is 16.2 Å². The maximum Gasteiger partial charge on any atom is 0.109 e. The minimum atomic E-state index is -1.27. The molecule has 0 radical (unpaired) electrons. The van der Waals surface area contributed by atoms with Gasteiger partial charge < -0.3 is 20.1 Å². The van der Waals surface area contributed by atoms with Crippen LogP contribution in [0.25, 0.3) is 0 Å². The lowest BCUT2D eigenvalue weighted by Gasteiger charge is -2.19. The second kappa shape index (κ2) is 5.65. The highest BCUT2D eigenvalue weighted by molar-refractivity contribution is 5.85. The summed E-state index contributed by atoms with van der Waals surface area (Å²) in [5, 5.41) is 30.7. The van der Waals surface area contributed by atoms with Crippen LogP contribution in [0.15, 0.2) is 54.6 Å². The molecule has 0 unspecified atom stereocenters. The third-order valence-corrected chi connectivity index (χ3v) is 2.93. The first kappa shape index (κ1) is 13.3. The number of aliphatic hydroxyl groups excluding tert-OH is 2. The Morgan fingerprint density at radius 3 is 1.79 bits per heavy atom. The molecule has 0 aliphatic rings. The minimum Gasteiger partial charge on any atom is -0.545 e. The molecule has 0 aliphatic heterocycles. The fourth-order valence-corrected chi connectivity index (χ4v) is 1.83. The van der Waals surface area contributed by atoms with Gasteiger partial charge in [0.25, 0.3) is 0 Å². The van der Waals surface area contributed by atoms with Crippen molar-refractivity contribution in [1.29, 1.82) is 0 Å². The fourth-order valence-electron chi connectivity index (χ4n) is 1.83. The number of carbonyl (C=O) groups excluding carboxylic acids is 1. The predicted molar refractivity (Wildman–Crippen MR) is 67.1 cm³/mol. The van der Waals surface area contributed by atoms with E-state index in [9.17, 15) is 20.1 Å². The van der Waals surface area contributed by atoms with E-state index in [1.165, 1.54) is 24.3 Å². The predicted octanol–water partition coefficient (Wildman–Crippen LogP) is 0.817. The zero-order chi connectivity index (χ0) is 13.8. The van der Waals surface area contributed by atoms with Crippen molar-refractivity contribution in [2.24, 2.45) is 0 Å².